The fraction of sp³-hybridized carbons (Fsp3) is 0.667. The molecular weight excluding hydrogens is 276 g/mol. The number of hydrogen-bond donors (Lipinski definition) is 1. The summed E-state index contributed by atoms with van der Waals surface area (Å²) in [5.74, 6) is 1.92. The Hall–Kier alpha value is -0.510. The molecule has 0 radical (unpaired) electrons. The number of nitrogens with zero attached hydrogens (tertiary/aromatic N) is 1. The molecule has 21 heavy (non-hydrogen) atoms. The highest BCUT2D eigenvalue weighted by molar-refractivity contribution is 7.98. The lowest BCUT2D eigenvalue weighted by Crippen LogP contribution is -2.30. The van der Waals surface area contributed by atoms with Crippen LogP contribution in [0.15, 0.2) is 24.3 Å². The third-order valence-corrected chi connectivity index (χ3v) is 4.57. The van der Waals surface area contributed by atoms with E-state index in [4.69, 9.17) is 0 Å². The molecule has 0 aromatic heterocycles. The predicted molar refractivity (Wildman–Crippen MR) is 97.2 cm³/mol. The Morgan fingerprint density at radius 2 is 1.71 bits per heavy atom. The lowest BCUT2D eigenvalue weighted by Gasteiger charge is -2.24. The standard InChI is InChI=1S/C18H32N2S/c1-15(2)12-19-11-10-17-6-8-18(9-7-17)13-20(4)16(3)14-21-5/h6-9,15-16,19H,10-14H2,1-5H3. The van der Waals surface area contributed by atoms with Crippen molar-refractivity contribution in [3.63, 3.8) is 0 Å². The molecule has 2 nitrogen and oxygen atoms in total. The molecule has 1 aromatic carbocycles. The minimum atomic E-state index is 0.625. The summed E-state index contributed by atoms with van der Waals surface area (Å²) in [6.07, 6.45) is 3.29. The monoisotopic (exact) mass is 308 g/mol. The zero-order chi connectivity index (χ0) is 15.7. The van der Waals surface area contributed by atoms with Crippen LogP contribution in [0.4, 0.5) is 0 Å². The van der Waals surface area contributed by atoms with Gasteiger partial charge in [-0.25, -0.2) is 0 Å². The van der Waals surface area contributed by atoms with Gasteiger partial charge in [-0.2, -0.15) is 11.8 Å². The topological polar surface area (TPSA) is 15.3 Å². The molecule has 1 N–H and O–H groups in total. The van der Waals surface area contributed by atoms with Crippen LogP contribution in [0.1, 0.15) is 31.9 Å². The Morgan fingerprint density at radius 1 is 1.10 bits per heavy atom. The van der Waals surface area contributed by atoms with Gasteiger partial charge in [-0.1, -0.05) is 38.1 Å². The van der Waals surface area contributed by atoms with Crippen molar-refractivity contribution in [3.05, 3.63) is 35.4 Å². The highest BCUT2D eigenvalue weighted by Crippen LogP contribution is 2.11. The van der Waals surface area contributed by atoms with Gasteiger partial charge in [-0.05, 0) is 56.8 Å². The van der Waals surface area contributed by atoms with Crippen molar-refractivity contribution in [2.24, 2.45) is 5.92 Å². The maximum absolute atomic E-state index is 3.50. The van der Waals surface area contributed by atoms with Gasteiger partial charge in [0.1, 0.15) is 0 Å². The number of nitrogens with one attached hydrogen (secondary N) is 1. The van der Waals surface area contributed by atoms with Crippen molar-refractivity contribution in [3.8, 4) is 0 Å². The van der Waals surface area contributed by atoms with Gasteiger partial charge in [0, 0.05) is 18.3 Å². The number of rotatable bonds is 10. The third-order valence-electron chi connectivity index (χ3n) is 3.76. The normalized spacial score (nSPS) is 13.1. The van der Waals surface area contributed by atoms with Crippen LogP contribution >= 0.6 is 11.8 Å². The van der Waals surface area contributed by atoms with Gasteiger partial charge in [0.05, 0.1) is 0 Å². The van der Waals surface area contributed by atoms with Gasteiger partial charge in [0.15, 0.2) is 0 Å². The second-order valence-corrected chi connectivity index (χ2v) is 7.29. The molecule has 0 bridgehead atoms. The second-order valence-electron chi connectivity index (χ2n) is 6.38. The van der Waals surface area contributed by atoms with Gasteiger partial charge in [0.25, 0.3) is 0 Å². The number of benzene rings is 1. The molecule has 0 amide bonds. The summed E-state index contributed by atoms with van der Waals surface area (Å²) in [4.78, 5) is 2.43. The largest absolute Gasteiger partial charge is 0.316 e. The lowest BCUT2D eigenvalue weighted by molar-refractivity contribution is 0.270. The smallest absolute Gasteiger partial charge is 0.0233 e. The van der Waals surface area contributed by atoms with Crippen molar-refractivity contribution in [1.29, 1.82) is 0 Å². The average Bonchev–Trinajstić information content (AvgIpc) is 2.45. The number of hydrogen-bond acceptors (Lipinski definition) is 3. The van der Waals surface area contributed by atoms with E-state index < -0.39 is 0 Å². The summed E-state index contributed by atoms with van der Waals surface area (Å²) >= 11 is 1.92. The van der Waals surface area contributed by atoms with Crippen LogP contribution in [-0.4, -0.2) is 43.1 Å². The van der Waals surface area contributed by atoms with Crippen LogP contribution in [0.2, 0.25) is 0 Å². The summed E-state index contributed by atoms with van der Waals surface area (Å²) in [7, 11) is 2.21. The van der Waals surface area contributed by atoms with E-state index in [2.05, 4.69) is 68.6 Å². The Kier molecular flexibility index (Phi) is 9.05. The fourth-order valence-corrected chi connectivity index (χ4v) is 2.98. The first-order chi connectivity index (χ1) is 10.0. The minimum Gasteiger partial charge on any atom is -0.316 e. The summed E-state index contributed by atoms with van der Waals surface area (Å²) in [6.45, 7) is 10.0. The zero-order valence-electron chi connectivity index (χ0n) is 14.4. The van der Waals surface area contributed by atoms with Gasteiger partial charge < -0.3 is 5.32 Å². The lowest BCUT2D eigenvalue weighted by atomic mass is 10.1. The SMILES string of the molecule is CSCC(C)N(C)Cc1ccc(CCNCC(C)C)cc1. The van der Waals surface area contributed by atoms with Crippen molar-refractivity contribution in [1.82, 2.24) is 10.2 Å². The Bertz CT molecular complexity index is 375. The van der Waals surface area contributed by atoms with E-state index in [1.54, 1.807) is 0 Å². The van der Waals surface area contributed by atoms with Crippen molar-refractivity contribution >= 4 is 11.8 Å². The molecule has 0 aliphatic heterocycles. The maximum atomic E-state index is 3.50. The molecule has 1 unspecified atom stereocenters. The summed E-state index contributed by atoms with van der Waals surface area (Å²) in [5.41, 5.74) is 2.83. The Labute approximate surface area is 135 Å². The van der Waals surface area contributed by atoms with E-state index in [1.807, 2.05) is 11.8 Å². The van der Waals surface area contributed by atoms with E-state index in [-0.39, 0.29) is 0 Å². The molecular formula is C18H32N2S. The first kappa shape index (κ1) is 18.5. The Morgan fingerprint density at radius 3 is 2.29 bits per heavy atom. The quantitative estimate of drug-likeness (QED) is 0.664. The van der Waals surface area contributed by atoms with Gasteiger partial charge >= 0.3 is 0 Å². The van der Waals surface area contributed by atoms with Crippen molar-refractivity contribution < 1.29 is 0 Å². The number of thioether (sulfide) groups is 1. The highest BCUT2D eigenvalue weighted by atomic mass is 32.2. The predicted octanol–water partition coefficient (Wildman–Crippen LogP) is 3.66. The third kappa shape index (κ3) is 7.89. The van der Waals surface area contributed by atoms with Gasteiger partial charge in [-0.3, -0.25) is 4.90 Å². The average molecular weight is 309 g/mol. The molecule has 1 aromatic rings. The molecule has 3 heteroatoms. The van der Waals surface area contributed by atoms with Crippen LogP contribution in [-0.2, 0) is 13.0 Å². The van der Waals surface area contributed by atoms with Crippen LogP contribution in [0.3, 0.4) is 0 Å². The van der Waals surface area contributed by atoms with Crippen LogP contribution in [0, 0.1) is 5.92 Å². The van der Waals surface area contributed by atoms with Gasteiger partial charge in [-0.15, -0.1) is 0 Å². The molecule has 0 fully saturated rings. The molecule has 0 heterocycles. The maximum Gasteiger partial charge on any atom is 0.0233 e. The highest BCUT2D eigenvalue weighted by Gasteiger charge is 2.08. The van der Waals surface area contributed by atoms with E-state index in [9.17, 15) is 0 Å². The van der Waals surface area contributed by atoms with Gasteiger partial charge in [0.2, 0.25) is 0 Å². The molecule has 120 valence electrons. The summed E-state index contributed by atoms with van der Waals surface area (Å²) in [5, 5.41) is 3.50. The molecule has 0 aliphatic rings. The zero-order valence-corrected chi connectivity index (χ0v) is 15.2. The van der Waals surface area contributed by atoms with E-state index in [0.29, 0.717) is 6.04 Å². The minimum absolute atomic E-state index is 0.625. The van der Waals surface area contributed by atoms with Crippen molar-refractivity contribution in [2.45, 2.75) is 39.8 Å². The molecule has 0 saturated carbocycles. The molecule has 0 spiro atoms. The first-order valence-corrected chi connectivity index (χ1v) is 9.40. The molecule has 0 aliphatic carbocycles. The van der Waals surface area contributed by atoms with Crippen LogP contribution in [0.25, 0.3) is 0 Å². The summed E-state index contributed by atoms with van der Waals surface area (Å²) in [6, 6.07) is 9.74. The van der Waals surface area contributed by atoms with E-state index in [0.717, 1.165) is 32.0 Å². The Balaban J connectivity index is 2.36. The molecule has 1 rings (SSSR count). The van der Waals surface area contributed by atoms with Crippen LogP contribution in [0.5, 0.6) is 0 Å². The molecule has 1 atom stereocenters. The first-order valence-electron chi connectivity index (χ1n) is 8.00. The van der Waals surface area contributed by atoms with E-state index in [1.165, 1.54) is 16.9 Å². The second kappa shape index (κ2) is 10.3. The summed E-state index contributed by atoms with van der Waals surface area (Å²) < 4.78 is 0. The van der Waals surface area contributed by atoms with Crippen LogP contribution < -0.4 is 5.32 Å². The molecule has 0 saturated heterocycles. The van der Waals surface area contributed by atoms with E-state index >= 15 is 0 Å². The fourth-order valence-electron chi connectivity index (χ4n) is 2.25. The van der Waals surface area contributed by atoms with Crippen molar-refractivity contribution in [2.75, 3.05) is 32.1 Å².